The van der Waals surface area contributed by atoms with Crippen LogP contribution in [0.4, 0.5) is 0 Å². The Morgan fingerprint density at radius 1 is 1.61 bits per heavy atom. The van der Waals surface area contributed by atoms with Gasteiger partial charge >= 0.3 is 5.69 Å². The van der Waals surface area contributed by atoms with Crippen LogP contribution >= 0.6 is 0 Å². The van der Waals surface area contributed by atoms with Gasteiger partial charge in [-0.1, -0.05) is 0 Å². The quantitative estimate of drug-likeness (QED) is 0.735. The smallest absolute Gasteiger partial charge is 0.328 e. The van der Waals surface area contributed by atoms with E-state index in [1.165, 1.54) is 10.8 Å². The first-order valence-electron chi connectivity index (χ1n) is 5.79. The third kappa shape index (κ3) is 1.87. The molecule has 1 saturated carbocycles. The van der Waals surface area contributed by atoms with Gasteiger partial charge in [-0.15, -0.1) is 0 Å². The monoisotopic (exact) mass is 249 g/mol. The molecule has 0 saturated heterocycles. The first-order valence-corrected chi connectivity index (χ1v) is 5.79. The van der Waals surface area contributed by atoms with Gasteiger partial charge in [0.25, 0.3) is 5.56 Å². The van der Waals surface area contributed by atoms with Crippen molar-refractivity contribution in [3.8, 4) is 6.07 Å². The summed E-state index contributed by atoms with van der Waals surface area (Å²) in [6, 6.07) is 1.84. The normalized spacial score (nSPS) is 31.2. The van der Waals surface area contributed by atoms with Gasteiger partial charge in [0, 0.05) is 17.8 Å². The van der Waals surface area contributed by atoms with Gasteiger partial charge in [0.2, 0.25) is 0 Å². The molecule has 18 heavy (non-hydrogen) atoms. The van der Waals surface area contributed by atoms with Crippen LogP contribution in [0.5, 0.6) is 0 Å². The lowest BCUT2D eigenvalue weighted by Gasteiger charge is -2.18. The Balaban J connectivity index is 2.42. The Kier molecular flexibility index (Phi) is 2.87. The Labute approximate surface area is 104 Å². The first-order chi connectivity index (χ1) is 8.37. The minimum absolute atomic E-state index is 0.257. The number of aliphatic hydroxyl groups excluding tert-OH is 1. The average Bonchev–Trinajstić information content (AvgIpc) is 2.61. The number of nitrogens with zero attached hydrogens (tertiary/aromatic N) is 2. The van der Waals surface area contributed by atoms with Crippen LogP contribution in [-0.4, -0.2) is 20.8 Å². The standard InChI is InChI=1S/C12H15N3O3/c1-7-5-15(11(18)14-10(7)17)8-3-9(16)12(2,4-8)6-13/h5,8-9,16H,3-4H2,1-2H3,(H,14,17,18)/t8-,9-,12-/m1/s1. The fraction of sp³-hybridized carbons (Fsp3) is 0.583. The summed E-state index contributed by atoms with van der Waals surface area (Å²) in [6.07, 6.45) is 1.47. The molecule has 0 bridgehead atoms. The second kappa shape index (κ2) is 4.10. The highest BCUT2D eigenvalue weighted by Crippen LogP contribution is 2.43. The molecule has 1 heterocycles. The molecule has 1 fully saturated rings. The van der Waals surface area contributed by atoms with Crippen molar-refractivity contribution in [2.75, 3.05) is 0 Å². The average molecular weight is 249 g/mol. The number of aromatic nitrogens is 2. The van der Waals surface area contributed by atoms with E-state index in [-0.39, 0.29) is 6.04 Å². The van der Waals surface area contributed by atoms with E-state index >= 15 is 0 Å². The summed E-state index contributed by atoms with van der Waals surface area (Å²) in [5, 5.41) is 19.0. The zero-order valence-corrected chi connectivity index (χ0v) is 10.3. The maximum Gasteiger partial charge on any atom is 0.328 e. The molecule has 0 amide bonds. The Morgan fingerprint density at radius 3 is 2.83 bits per heavy atom. The third-order valence-corrected chi connectivity index (χ3v) is 3.69. The van der Waals surface area contributed by atoms with E-state index in [1.54, 1.807) is 13.8 Å². The van der Waals surface area contributed by atoms with Crippen molar-refractivity contribution in [2.24, 2.45) is 5.41 Å². The van der Waals surface area contributed by atoms with Gasteiger partial charge in [0.1, 0.15) is 0 Å². The maximum absolute atomic E-state index is 11.7. The fourth-order valence-corrected chi connectivity index (χ4v) is 2.42. The Bertz CT molecular complexity index is 625. The molecule has 0 aliphatic heterocycles. The van der Waals surface area contributed by atoms with Crippen LogP contribution in [0.2, 0.25) is 0 Å². The highest BCUT2D eigenvalue weighted by Gasteiger charge is 2.44. The summed E-state index contributed by atoms with van der Waals surface area (Å²) in [4.78, 5) is 25.2. The van der Waals surface area contributed by atoms with Gasteiger partial charge in [-0.3, -0.25) is 14.3 Å². The van der Waals surface area contributed by atoms with E-state index in [0.29, 0.717) is 18.4 Å². The van der Waals surface area contributed by atoms with Crippen LogP contribution in [0.1, 0.15) is 31.4 Å². The molecule has 2 rings (SSSR count). The minimum atomic E-state index is -0.839. The molecule has 0 unspecified atom stereocenters. The van der Waals surface area contributed by atoms with Crippen LogP contribution in [0, 0.1) is 23.7 Å². The number of rotatable bonds is 1. The van der Waals surface area contributed by atoms with E-state index in [1.807, 2.05) is 0 Å². The van der Waals surface area contributed by atoms with Crippen LogP contribution in [0.3, 0.4) is 0 Å². The van der Waals surface area contributed by atoms with Crippen LogP contribution in [-0.2, 0) is 0 Å². The Morgan fingerprint density at radius 2 is 2.28 bits per heavy atom. The molecule has 0 spiro atoms. The van der Waals surface area contributed by atoms with Crippen molar-refractivity contribution < 1.29 is 5.11 Å². The van der Waals surface area contributed by atoms with Crippen molar-refractivity contribution >= 4 is 0 Å². The van der Waals surface area contributed by atoms with Gasteiger partial charge in [0.05, 0.1) is 17.6 Å². The molecule has 0 radical (unpaired) electrons. The second-order valence-corrected chi connectivity index (χ2v) is 5.12. The number of hydrogen-bond acceptors (Lipinski definition) is 4. The second-order valence-electron chi connectivity index (χ2n) is 5.12. The molecular formula is C12H15N3O3. The van der Waals surface area contributed by atoms with Crippen molar-refractivity contribution in [3.05, 3.63) is 32.6 Å². The fourth-order valence-electron chi connectivity index (χ4n) is 2.42. The molecule has 96 valence electrons. The van der Waals surface area contributed by atoms with Gasteiger partial charge in [-0.25, -0.2) is 4.79 Å². The number of nitriles is 1. The topological polar surface area (TPSA) is 98.9 Å². The summed E-state index contributed by atoms with van der Waals surface area (Å²) >= 11 is 0. The number of aliphatic hydroxyl groups is 1. The zero-order valence-electron chi connectivity index (χ0n) is 10.3. The van der Waals surface area contributed by atoms with Gasteiger partial charge in [0.15, 0.2) is 0 Å². The zero-order chi connectivity index (χ0) is 13.5. The van der Waals surface area contributed by atoms with E-state index in [0.717, 1.165) is 0 Å². The molecule has 6 nitrogen and oxygen atoms in total. The van der Waals surface area contributed by atoms with Crippen LogP contribution < -0.4 is 11.2 Å². The number of hydrogen-bond donors (Lipinski definition) is 2. The minimum Gasteiger partial charge on any atom is -0.391 e. The lowest BCUT2D eigenvalue weighted by molar-refractivity contribution is 0.103. The van der Waals surface area contributed by atoms with Crippen molar-refractivity contribution in [2.45, 2.75) is 38.8 Å². The highest BCUT2D eigenvalue weighted by molar-refractivity contribution is 5.10. The van der Waals surface area contributed by atoms with Crippen LogP contribution in [0.25, 0.3) is 0 Å². The Hall–Kier alpha value is -1.87. The maximum atomic E-state index is 11.7. The van der Waals surface area contributed by atoms with E-state index in [4.69, 9.17) is 5.26 Å². The molecule has 3 atom stereocenters. The molecule has 1 aromatic rings. The highest BCUT2D eigenvalue weighted by atomic mass is 16.3. The lowest BCUT2D eigenvalue weighted by Crippen LogP contribution is -2.32. The molecular weight excluding hydrogens is 234 g/mol. The summed E-state index contributed by atoms with van der Waals surface area (Å²) in [7, 11) is 0. The molecule has 1 aliphatic rings. The molecule has 1 aliphatic carbocycles. The van der Waals surface area contributed by atoms with Gasteiger partial charge in [-0.05, 0) is 26.7 Å². The van der Waals surface area contributed by atoms with E-state index < -0.39 is 22.8 Å². The summed E-state index contributed by atoms with van der Waals surface area (Å²) in [5.41, 5.74) is -1.30. The van der Waals surface area contributed by atoms with Gasteiger partial charge < -0.3 is 5.11 Å². The lowest BCUT2D eigenvalue weighted by atomic mass is 9.88. The predicted octanol–water partition coefficient (Wildman–Crippen LogP) is 0.0707. The molecule has 1 aromatic heterocycles. The number of H-pyrrole nitrogens is 1. The summed E-state index contributed by atoms with van der Waals surface area (Å²) in [5.74, 6) is 0. The van der Waals surface area contributed by atoms with Crippen LogP contribution in [0.15, 0.2) is 15.8 Å². The van der Waals surface area contributed by atoms with E-state index in [2.05, 4.69) is 11.1 Å². The van der Waals surface area contributed by atoms with E-state index in [9.17, 15) is 14.7 Å². The number of aryl methyl sites for hydroxylation is 1. The summed E-state index contributed by atoms with van der Waals surface area (Å²) < 4.78 is 1.41. The van der Waals surface area contributed by atoms with Crippen molar-refractivity contribution in [3.63, 3.8) is 0 Å². The van der Waals surface area contributed by atoms with Crippen molar-refractivity contribution in [1.29, 1.82) is 5.26 Å². The van der Waals surface area contributed by atoms with Crippen molar-refractivity contribution in [1.82, 2.24) is 9.55 Å². The largest absolute Gasteiger partial charge is 0.391 e. The molecule has 6 heteroatoms. The van der Waals surface area contributed by atoms with Gasteiger partial charge in [-0.2, -0.15) is 5.26 Å². The number of aromatic amines is 1. The molecule has 0 aromatic carbocycles. The first kappa shape index (κ1) is 12.6. The summed E-state index contributed by atoms with van der Waals surface area (Å²) in [6.45, 7) is 3.30. The SMILES string of the molecule is Cc1cn([C@@H]2C[C@@H](O)[C@@](C)(C#N)C2)c(=O)[nH]c1=O. The predicted molar refractivity (Wildman–Crippen MR) is 64.1 cm³/mol. The molecule has 2 N–H and O–H groups in total. The number of nitrogens with one attached hydrogen (secondary N) is 1. The third-order valence-electron chi connectivity index (χ3n) is 3.69.